The maximum absolute atomic E-state index is 13.3. The largest absolute Gasteiger partial charge is 0.384 e. The summed E-state index contributed by atoms with van der Waals surface area (Å²) in [5.74, 6) is -1.69. The van der Waals surface area contributed by atoms with E-state index in [-0.39, 0.29) is 41.1 Å². The van der Waals surface area contributed by atoms with E-state index in [1.807, 2.05) is 31.2 Å². The molecule has 5 amide bonds. The number of anilines is 1. The number of allylic oxidation sites excluding steroid dienone is 2. The second-order valence-electron chi connectivity index (χ2n) is 15.8. The molecule has 1 atom stereocenters. The van der Waals surface area contributed by atoms with E-state index < -0.39 is 27.7 Å². The molecule has 3 N–H and O–H groups in total. The number of benzene rings is 2. The van der Waals surface area contributed by atoms with Gasteiger partial charge in [-0.3, -0.25) is 33.7 Å². The Kier molecular flexibility index (Phi) is 14.5. The average Bonchev–Trinajstić information content (AvgIpc) is 3.82. The lowest BCUT2D eigenvalue weighted by Gasteiger charge is -2.29. The van der Waals surface area contributed by atoms with Crippen molar-refractivity contribution in [3.63, 3.8) is 0 Å². The van der Waals surface area contributed by atoms with Crippen molar-refractivity contribution in [2.24, 2.45) is 0 Å². The monoisotopic (exact) mass is 855 g/mol. The normalized spacial score (nSPS) is 17.9. The zero-order valence-electron chi connectivity index (χ0n) is 34.2. The first kappa shape index (κ1) is 44.2. The molecular formula is C45H53N5O8S2. The van der Waals surface area contributed by atoms with Crippen molar-refractivity contribution in [1.82, 2.24) is 20.4 Å². The number of nitrogens with one attached hydrogen (secondary N) is 3. The highest BCUT2D eigenvalue weighted by Crippen LogP contribution is 2.33. The van der Waals surface area contributed by atoms with E-state index in [0.29, 0.717) is 77.2 Å². The number of hydrogen-bond donors (Lipinski definition) is 3. The zero-order valence-corrected chi connectivity index (χ0v) is 35.9. The Bertz CT molecular complexity index is 2300. The summed E-state index contributed by atoms with van der Waals surface area (Å²) in [5, 5.41) is 10.5. The van der Waals surface area contributed by atoms with Crippen LogP contribution in [0.1, 0.15) is 141 Å². The Labute approximate surface area is 355 Å². The van der Waals surface area contributed by atoms with Crippen molar-refractivity contribution < 1.29 is 37.2 Å². The van der Waals surface area contributed by atoms with E-state index in [4.69, 9.17) is 0 Å². The summed E-state index contributed by atoms with van der Waals surface area (Å²) < 4.78 is 23.4. The number of thiophene rings is 1. The van der Waals surface area contributed by atoms with Crippen molar-refractivity contribution in [2.75, 3.05) is 30.4 Å². The van der Waals surface area contributed by atoms with Crippen LogP contribution >= 0.6 is 11.3 Å². The molecule has 15 heteroatoms. The van der Waals surface area contributed by atoms with Gasteiger partial charge in [0.05, 0.1) is 33.1 Å². The molecule has 0 aliphatic carbocycles. The number of amides is 5. The number of Topliss-reactive ketones (excluding diaryl/α,β-unsaturated/α-hetero) is 1. The van der Waals surface area contributed by atoms with Gasteiger partial charge in [0.1, 0.15) is 15.9 Å². The smallest absolute Gasteiger partial charge is 0.264 e. The number of nitrogens with zero attached hydrogens (tertiary/aromatic N) is 2. The minimum absolute atomic E-state index is 0.0590. The van der Waals surface area contributed by atoms with E-state index in [1.54, 1.807) is 42.9 Å². The van der Waals surface area contributed by atoms with Gasteiger partial charge in [-0.05, 0) is 80.9 Å². The molecule has 2 aromatic carbocycles. The molecule has 2 fully saturated rings. The van der Waals surface area contributed by atoms with Gasteiger partial charge in [-0.1, -0.05) is 62.9 Å². The van der Waals surface area contributed by atoms with Crippen molar-refractivity contribution in [3.05, 3.63) is 105 Å². The van der Waals surface area contributed by atoms with Gasteiger partial charge in [-0.2, -0.15) is 0 Å². The Morgan fingerprint density at radius 2 is 1.58 bits per heavy atom. The van der Waals surface area contributed by atoms with E-state index in [9.17, 15) is 37.2 Å². The standard InChI is InChI=1S/C45H53N5O8S2/c1-29(27-49(3)43(54)33-26-39(59-28-33)42(53)48-34-20-23-60(57,58)24-21-34)31-13-11-14-32(25-31)38(51)17-9-7-5-4-6-8-10-22-46-36-16-12-15-35-40(36)45(56)50(44(35)55)37-19-18-30(2)47-41(37)52/h11-16,25-28,34,37,46H,2,4-10,17-24H2,1,3H3,(H,47,52)(H,48,53)/b29-27+. The molecular weight excluding hydrogens is 803 g/mol. The van der Waals surface area contributed by atoms with Gasteiger partial charge in [0, 0.05) is 54.6 Å². The van der Waals surface area contributed by atoms with Crippen LogP contribution in [0.5, 0.6) is 0 Å². The summed E-state index contributed by atoms with van der Waals surface area (Å²) in [7, 11) is -1.39. The minimum atomic E-state index is -3.03. The molecule has 6 rings (SSSR count). The Morgan fingerprint density at radius 3 is 2.32 bits per heavy atom. The highest BCUT2D eigenvalue weighted by Gasteiger charge is 2.45. The summed E-state index contributed by atoms with van der Waals surface area (Å²) in [6, 6.07) is 13.1. The molecule has 1 unspecified atom stereocenters. The third-order valence-electron chi connectivity index (χ3n) is 11.3. The molecule has 3 aliphatic heterocycles. The first-order valence-electron chi connectivity index (χ1n) is 20.6. The first-order chi connectivity index (χ1) is 28.7. The van der Waals surface area contributed by atoms with Gasteiger partial charge in [-0.15, -0.1) is 11.3 Å². The zero-order chi connectivity index (χ0) is 43.0. The lowest BCUT2D eigenvalue weighted by atomic mass is 9.99. The highest BCUT2D eigenvalue weighted by atomic mass is 32.2. The van der Waals surface area contributed by atoms with Crippen LogP contribution in [0, 0.1) is 0 Å². The van der Waals surface area contributed by atoms with Crippen LogP contribution in [0.4, 0.5) is 5.69 Å². The molecule has 0 bridgehead atoms. The second kappa shape index (κ2) is 19.8. The number of piperidine rings is 1. The molecule has 60 heavy (non-hydrogen) atoms. The molecule has 3 aromatic rings. The van der Waals surface area contributed by atoms with Crippen LogP contribution < -0.4 is 16.0 Å². The maximum Gasteiger partial charge on any atom is 0.264 e. The van der Waals surface area contributed by atoms with Crippen LogP contribution in [0.3, 0.4) is 0 Å². The summed E-state index contributed by atoms with van der Waals surface area (Å²) in [4.78, 5) is 81.0. The van der Waals surface area contributed by atoms with Crippen LogP contribution in [0.15, 0.2) is 72.4 Å². The summed E-state index contributed by atoms with van der Waals surface area (Å²) in [5.41, 5.74) is 4.45. The number of ketones is 1. The molecule has 13 nitrogen and oxygen atoms in total. The summed E-state index contributed by atoms with van der Waals surface area (Å²) >= 11 is 1.17. The van der Waals surface area contributed by atoms with Gasteiger partial charge in [0.25, 0.3) is 23.6 Å². The van der Waals surface area contributed by atoms with E-state index in [0.717, 1.165) is 61.0 Å². The highest BCUT2D eigenvalue weighted by molar-refractivity contribution is 7.91. The predicted molar refractivity (Wildman–Crippen MR) is 233 cm³/mol. The van der Waals surface area contributed by atoms with Gasteiger partial charge in [0.15, 0.2) is 5.78 Å². The molecule has 3 aliphatic rings. The molecule has 1 aromatic heterocycles. The first-order valence-corrected chi connectivity index (χ1v) is 23.3. The number of unbranched alkanes of at least 4 members (excludes halogenated alkanes) is 6. The number of hydrogen-bond acceptors (Lipinski definition) is 10. The van der Waals surface area contributed by atoms with Crippen molar-refractivity contribution in [1.29, 1.82) is 0 Å². The summed E-state index contributed by atoms with van der Waals surface area (Å²) in [6.45, 7) is 6.30. The lowest BCUT2D eigenvalue weighted by molar-refractivity contribution is -0.125. The van der Waals surface area contributed by atoms with Crippen LogP contribution in [0.25, 0.3) is 5.57 Å². The van der Waals surface area contributed by atoms with E-state index in [2.05, 4.69) is 22.5 Å². The number of fused-ring (bicyclic) bond motifs is 1. The van der Waals surface area contributed by atoms with Crippen LogP contribution in [-0.4, -0.2) is 90.7 Å². The van der Waals surface area contributed by atoms with Crippen molar-refractivity contribution in [3.8, 4) is 0 Å². The SMILES string of the molecule is C=C1CCC(N2C(=O)c3cccc(NCCCCCCCCCC(=O)c4cccc(/C(C)=C/N(C)C(=O)c5csc(C(=O)NC6CCS(=O)(=O)CC6)c5)c4)c3C2=O)C(=O)N1. The number of imide groups is 1. The van der Waals surface area contributed by atoms with Crippen molar-refractivity contribution in [2.45, 2.75) is 96.1 Å². The fraction of sp³-hybridized carbons (Fsp3) is 0.422. The maximum atomic E-state index is 13.3. The minimum Gasteiger partial charge on any atom is -0.384 e. The van der Waals surface area contributed by atoms with E-state index >= 15 is 0 Å². The van der Waals surface area contributed by atoms with Gasteiger partial charge in [0.2, 0.25) is 5.91 Å². The fourth-order valence-electron chi connectivity index (χ4n) is 7.83. The number of carbonyl (C=O) groups is 6. The Balaban J connectivity index is 0.874. The lowest BCUT2D eigenvalue weighted by Crippen LogP contribution is -2.51. The predicted octanol–water partition coefficient (Wildman–Crippen LogP) is 6.99. The second-order valence-corrected chi connectivity index (χ2v) is 19.1. The van der Waals surface area contributed by atoms with Crippen LogP contribution in [-0.2, 0) is 14.6 Å². The Morgan fingerprint density at radius 1 is 0.900 bits per heavy atom. The van der Waals surface area contributed by atoms with Gasteiger partial charge in [-0.25, -0.2) is 8.42 Å². The number of carbonyl (C=O) groups excluding carboxylic acids is 6. The average molecular weight is 856 g/mol. The summed E-state index contributed by atoms with van der Waals surface area (Å²) in [6.07, 6.45) is 10.5. The fourth-order valence-corrected chi connectivity index (χ4v) is 10.1. The van der Waals surface area contributed by atoms with Crippen molar-refractivity contribution >= 4 is 67.8 Å². The number of sulfone groups is 1. The van der Waals surface area contributed by atoms with Gasteiger partial charge < -0.3 is 20.9 Å². The quantitative estimate of drug-likeness (QED) is 0.0691. The molecule has 0 spiro atoms. The molecule has 0 saturated carbocycles. The Hall–Kier alpha value is -5.41. The van der Waals surface area contributed by atoms with E-state index in [1.165, 1.54) is 16.2 Å². The van der Waals surface area contributed by atoms with Gasteiger partial charge >= 0.3 is 0 Å². The third-order valence-corrected chi connectivity index (χ3v) is 13.9. The molecule has 2 saturated heterocycles. The number of rotatable bonds is 18. The topological polar surface area (TPSA) is 179 Å². The molecule has 0 radical (unpaired) electrons. The van der Waals surface area contributed by atoms with Crippen LogP contribution in [0.2, 0.25) is 0 Å². The molecule has 4 heterocycles. The molecule has 318 valence electrons. The third kappa shape index (κ3) is 10.8.